The van der Waals surface area contributed by atoms with Gasteiger partial charge in [0.15, 0.2) is 0 Å². The average Bonchev–Trinajstić information content (AvgIpc) is 2.67. The van der Waals surface area contributed by atoms with Crippen LogP contribution in [0.4, 0.5) is 5.69 Å². The normalized spacial score (nSPS) is 19.5. The van der Waals surface area contributed by atoms with Gasteiger partial charge in [-0.05, 0) is 17.5 Å². The van der Waals surface area contributed by atoms with Gasteiger partial charge in [-0.25, -0.2) is 0 Å². The zero-order valence-corrected chi connectivity index (χ0v) is 13.1. The fourth-order valence-corrected chi connectivity index (χ4v) is 2.72. The summed E-state index contributed by atoms with van der Waals surface area (Å²) in [4.78, 5) is 18.4. The molecule has 2 atom stereocenters. The molecule has 0 aromatic heterocycles. The Morgan fingerprint density at radius 3 is 2.95 bits per heavy atom. The summed E-state index contributed by atoms with van der Waals surface area (Å²) in [5.41, 5.74) is 1.82. The van der Waals surface area contributed by atoms with E-state index in [4.69, 9.17) is 5.26 Å². The maximum absolute atomic E-state index is 12.7. The van der Waals surface area contributed by atoms with E-state index in [0.717, 1.165) is 17.7 Å². The molecule has 1 aliphatic rings. The van der Waals surface area contributed by atoms with Crippen molar-refractivity contribution in [3.05, 3.63) is 29.8 Å². The van der Waals surface area contributed by atoms with Gasteiger partial charge >= 0.3 is 0 Å². The minimum Gasteiger partial charge on any atom is -0.358 e. The Balaban J connectivity index is 2.50. The van der Waals surface area contributed by atoms with Crippen LogP contribution >= 0.6 is 0 Å². The van der Waals surface area contributed by atoms with Crippen molar-refractivity contribution in [3.63, 3.8) is 0 Å². The van der Waals surface area contributed by atoms with Crippen LogP contribution in [-0.4, -0.2) is 29.9 Å². The number of carbonyl (C=O) groups excluding carboxylic acids is 1. The van der Waals surface area contributed by atoms with E-state index in [2.05, 4.69) is 22.5 Å². The molecule has 0 fully saturated rings. The number of benzene rings is 1. The Morgan fingerprint density at radius 1 is 1.59 bits per heavy atom. The highest BCUT2D eigenvalue weighted by Gasteiger charge is 2.35. The number of hydrogen-bond donors (Lipinski definition) is 2. The molecule has 116 valence electrons. The third kappa shape index (κ3) is 3.03. The Kier molecular flexibility index (Phi) is 4.99. The number of nitrogens with zero attached hydrogens (tertiary/aromatic N) is 3. The summed E-state index contributed by atoms with van der Waals surface area (Å²) in [5.74, 6) is 0.478. The molecule has 2 N–H and O–H groups in total. The predicted molar refractivity (Wildman–Crippen MR) is 86.0 cm³/mol. The summed E-state index contributed by atoms with van der Waals surface area (Å²) in [7, 11) is 1.71. The monoisotopic (exact) mass is 299 g/mol. The molecule has 0 bridgehead atoms. The Morgan fingerprint density at radius 2 is 2.32 bits per heavy atom. The van der Waals surface area contributed by atoms with E-state index in [9.17, 15) is 4.79 Å². The summed E-state index contributed by atoms with van der Waals surface area (Å²) in [6, 6.07) is 7.33. The summed E-state index contributed by atoms with van der Waals surface area (Å²) in [6.45, 7) is 4.60. The third-order valence-electron chi connectivity index (χ3n) is 4.05. The largest absolute Gasteiger partial charge is 0.358 e. The standard InChI is InChI=1S/C16H21N5O/c1-4-11(2)14-15(22)20-13-8-6-5-7-12(13)9-21(14)16(18-3)19-10-17/h5-8,11,14H,4,9H2,1-3H3,(H,18,19)(H,20,22)/t11-,14-/m0/s1. The molecular weight excluding hydrogens is 278 g/mol. The quantitative estimate of drug-likeness (QED) is 0.496. The Bertz CT molecular complexity index is 619. The van der Waals surface area contributed by atoms with Crippen LogP contribution in [0.15, 0.2) is 29.3 Å². The second-order valence-corrected chi connectivity index (χ2v) is 5.39. The molecule has 1 heterocycles. The van der Waals surface area contributed by atoms with Gasteiger partial charge in [0.2, 0.25) is 18.1 Å². The number of aliphatic imine (C=N–C) groups is 1. The molecular formula is C16H21N5O. The maximum atomic E-state index is 12.7. The molecule has 0 aliphatic carbocycles. The highest BCUT2D eigenvalue weighted by Crippen LogP contribution is 2.27. The second kappa shape index (κ2) is 6.94. The van der Waals surface area contributed by atoms with Crippen molar-refractivity contribution in [3.8, 4) is 6.19 Å². The van der Waals surface area contributed by atoms with E-state index >= 15 is 0 Å². The molecule has 6 nitrogen and oxygen atoms in total. The Labute approximate surface area is 130 Å². The Hall–Kier alpha value is -2.55. The zero-order chi connectivity index (χ0) is 16.1. The third-order valence-corrected chi connectivity index (χ3v) is 4.05. The van der Waals surface area contributed by atoms with Crippen molar-refractivity contribution in [1.29, 1.82) is 5.26 Å². The van der Waals surface area contributed by atoms with Crippen molar-refractivity contribution in [2.45, 2.75) is 32.9 Å². The lowest BCUT2D eigenvalue weighted by Crippen LogP contribution is -2.52. The van der Waals surface area contributed by atoms with Gasteiger partial charge in [-0.15, -0.1) is 4.99 Å². The first-order valence-electron chi connectivity index (χ1n) is 7.42. The molecule has 1 aromatic rings. The zero-order valence-electron chi connectivity index (χ0n) is 13.1. The van der Waals surface area contributed by atoms with Crippen molar-refractivity contribution in [2.24, 2.45) is 10.9 Å². The van der Waals surface area contributed by atoms with Crippen LogP contribution in [0.5, 0.6) is 0 Å². The second-order valence-electron chi connectivity index (χ2n) is 5.39. The van der Waals surface area contributed by atoms with Crippen LogP contribution in [0.2, 0.25) is 0 Å². The molecule has 0 unspecified atom stereocenters. The van der Waals surface area contributed by atoms with Gasteiger partial charge in [0, 0.05) is 19.3 Å². The van der Waals surface area contributed by atoms with E-state index in [0.29, 0.717) is 12.5 Å². The minimum atomic E-state index is -0.378. The average molecular weight is 299 g/mol. The lowest BCUT2D eigenvalue weighted by molar-refractivity contribution is -0.121. The number of guanidine groups is 1. The molecule has 6 heteroatoms. The summed E-state index contributed by atoms with van der Waals surface area (Å²) >= 11 is 0. The number of para-hydroxylation sites is 1. The van der Waals surface area contributed by atoms with E-state index in [1.807, 2.05) is 36.1 Å². The fourth-order valence-electron chi connectivity index (χ4n) is 2.72. The minimum absolute atomic E-state index is 0.0693. The van der Waals surface area contributed by atoms with Gasteiger partial charge in [0.25, 0.3) is 0 Å². The number of hydrogen-bond acceptors (Lipinski definition) is 3. The lowest BCUT2D eigenvalue weighted by atomic mass is 9.97. The number of amides is 1. The number of nitriles is 1. The smallest absolute Gasteiger partial charge is 0.247 e. The number of rotatable bonds is 2. The van der Waals surface area contributed by atoms with Gasteiger partial charge in [-0.2, -0.15) is 5.26 Å². The molecule has 0 saturated heterocycles. The maximum Gasteiger partial charge on any atom is 0.247 e. The van der Waals surface area contributed by atoms with Crippen LogP contribution in [0.1, 0.15) is 25.8 Å². The fraction of sp³-hybridized carbons (Fsp3) is 0.438. The molecule has 1 aliphatic heterocycles. The van der Waals surface area contributed by atoms with Crippen LogP contribution in [0.3, 0.4) is 0 Å². The molecule has 22 heavy (non-hydrogen) atoms. The number of carbonyl (C=O) groups is 1. The number of anilines is 1. The molecule has 1 aromatic carbocycles. The SMILES string of the molecule is CC[C@H](C)[C@H]1C(=O)Nc2ccccc2CN1/C(=N/C#N)NC. The van der Waals surface area contributed by atoms with Gasteiger partial charge < -0.3 is 15.5 Å². The number of fused-ring (bicyclic) bond motifs is 1. The van der Waals surface area contributed by atoms with Crippen LogP contribution in [0, 0.1) is 17.4 Å². The number of nitrogens with one attached hydrogen (secondary N) is 2. The van der Waals surface area contributed by atoms with Gasteiger partial charge in [-0.1, -0.05) is 38.5 Å². The highest BCUT2D eigenvalue weighted by molar-refractivity contribution is 5.99. The first-order valence-corrected chi connectivity index (χ1v) is 7.42. The first-order chi connectivity index (χ1) is 10.6. The summed E-state index contributed by atoms with van der Waals surface area (Å²) < 4.78 is 0. The van der Waals surface area contributed by atoms with Crippen molar-refractivity contribution < 1.29 is 4.79 Å². The van der Waals surface area contributed by atoms with Crippen molar-refractivity contribution >= 4 is 17.6 Å². The first kappa shape index (κ1) is 15.8. The predicted octanol–water partition coefficient (Wildman–Crippen LogP) is 1.91. The molecule has 1 amide bonds. The van der Waals surface area contributed by atoms with Crippen molar-refractivity contribution in [2.75, 3.05) is 12.4 Å². The highest BCUT2D eigenvalue weighted by atomic mass is 16.2. The molecule has 0 saturated carbocycles. The van der Waals surface area contributed by atoms with Crippen LogP contribution in [0.25, 0.3) is 0 Å². The van der Waals surface area contributed by atoms with E-state index in [-0.39, 0.29) is 17.9 Å². The van der Waals surface area contributed by atoms with Gasteiger partial charge in [0.05, 0.1) is 0 Å². The summed E-state index contributed by atoms with van der Waals surface area (Å²) in [6.07, 6.45) is 2.66. The van der Waals surface area contributed by atoms with E-state index in [1.54, 1.807) is 13.2 Å². The lowest BCUT2D eigenvalue weighted by Gasteiger charge is -2.33. The molecule has 0 radical (unpaired) electrons. The summed E-state index contributed by atoms with van der Waals surface area (Å²) in [5, 5.41) is 14.8. The molecule has 2 rings (SSSR count). The van der Waals surface area contributed by atoms with Crippen LogP contribution < -0.4 is 10.6 Å². The topological polar surface area (TPSA) is 80.5 Å². The van der Waals surface area contributed by atoms with Crippen LogP contribution in [-0.2, 0) is 11.3 Å². The van der Waals surface area contributed by atoms with E-state index in [1.165, 1.54) is 0 Å². The van der Waals surface area contributed by atoms with E-state index < -0.39 is 0 Å². The van der Waals surface area contributed by atoms with Crippen molar-refractivity contribution in [1.82, 2.24) is 10.2 Å². The molecule has 0 spiro atoms. The van der Waals surface area contributed by atoms with Gasteiger partial charge in [0.1, 0.15) is 6.04 Å². The van der Waals surface area contributed by atoms with Gasteiger partial charge in [-0.3, -0.25) is 4.79 Å².